The number of carbonyl (C=O) groups is 1. The number of H-pyrrole nitrogens is 1. The predicted molar refractivity (Wildman–Crippen MR) is 73.4 cm³/mol. The van der Waals surface area contributed by atoms with E-state index in [-0.39, 0.29) is 18.3 Å². The number of aromatic amines is 1. The quantitative estimate of drug-likeness (QED) is 0.794. The van der Waals surface area contributed by atoms with Crippen LogP contribution in [0.25, 0.3) is 0 Å². The average molecular weight is 284 g/mol. The molecule has 0 bridgehead atoms. The van der Waals surface area contributed by atoms with E-state index in [1.54, 1.807) is 29.2 Å². The molecule has 8 heteroatoms. The minimum atomic E-state index is -0.285. The molecule has 8 nitrogen and oxygen atoms in total. The third-order valence-corrected chi connectivity index (χ3v) is 3.29. The second kappa shape index (κ2) is 5.13. The Labute approximate surface area is 119 Å². The number of nitriles is 1. The molecule has 0 atom stereocenters. The van der Waals surface area contributed by atoms with Crippen molar-refractivity contribution in [3.05, 3.63) is 46.1 Å². The van der Waals surface area contributed by atoms with Crippen LogP contribution < -0.4 is 11.0 Å². The van der Waals surface area contributed by atoms with E-state index in [1.807, 2.05) is 6.07 Å². The molecule has 2 N–H and O–H groups in total. The molecule has 21 heavy (non-hydrogen) atoms. The Balaban J connectivity index is 1.72. The zero-order valence-electron chi connectivity index (χ0n) is 11.0. The molecule has 1 aromatic carbocycles. The highest BCUT2D eigenvalue weighted by molar-refractivity contribution is 5.89. The molecule has 1 aromatic heterocycles. The van der Waals surface area contributed by atoms with Crippen LogP contribution in [0.1, 0.15) is 11.4 Å². The van der Waals surface area contributed by atoms with E-state index in [0.717, 1.165) is 0 Å². The van der Waals surface area contributed by atoms with E-state index >= 15 is 0 Å². The van der Waals surface area contributed by atoms with Gasteiger partial charge in [-0.25, -0.2) is 14.7 Å². The van der Waals surface area contributed by atoms with E-state index in [1.165, 1.54) is 4.57 Å². The van der Waals surface area contributed by atoms with Gasteiger partial charge in [-0.15, -0.1) is 0 Å². The molecule has 2 heterocycles. The molecule has 106 valence electrons. The molecular formula is C13H12N6O2. The molecule has 2 aromatic rings. The van der Waals surface area contributed by atoms with Crippen molar-refractivity contribution in [1.29, 1.82) is 5.26 Å². The van der Waals surface area contributed by atoms with Crippen molar-refractivity contribution in [2.45, 2.75) is 13.1 Å². The molecule has 0 saturated heterocycles. The highest BCUT2D eigenvalue weighted by Gasteiger charge is 2.23. The summed E-state index contributed by atoms with van der Waals surface area (Å²) in [5.74, 6) is 0.534. The molecule has 0 spiro atoms. The van der Waals surface area contributed by atoms with Gasteiger partial charge in [-0.05, 0) is 18.2 Å². The highest BCUT2D eigenvalue weighted by atomic mass is 16.2. The Morgan fingerprint density at radius 3 is 3.10 bits per heavy atom. The lowest BCUT2D eigenvalue weighted by molar-refractivity contribution is 0.195. The van der Waals surface area contributed by atoms with Crippen LogP contribution in [-0.4, -0.2) is 32.2 Å². The van der Waals surface area contributed by atoms with Crippen molar-refractivity contribution in [1.82, 2.24) is 19.7 Å². The fourth-order valence-electron chi connectivity index (χ4n) is 2.21. The maximum Gasteiger partial charge on any atom is 0.343 e. The molecule has 1 aliphatic heterocycles. The Kier molecular flexibility index (Phi) is 3.16. The lowest BCUT2D eigenvalue weighted by Crippen LogP contribution is -2.42. The fourth-order valence-corrected chi connectivity index (χ4v) is 2.21. The van der Waals surface area contributed by atoms with Crippen LogP contribution in [0, 0.1) is 11.3 Å². The van der Waals surface area contributed by atoms with Crippen molar-refractivity contribution in [3.63, 3.8) is 0 Å². The van der Waals surface area contributed by atoms with E-state index < -0.39 is 0 Å². The first-order chi connectivity index (χ1) is 10.2. The largest absolute Gasteiger partial charge is 0.343 e. The topological polar surface area (TPSA) is 107 Å². The van der Waals surface area contributed by atoms with E-state index in [9.17, 15) is 9.59 Å². The number of fused-ring (bicyclic) bond motifs is 1. The zero-order chi connectivity index (χ0) is 14.8. The van der Waals surface area contributed by atoms with Gasteiger partial charge in [0, 0.05) is 18.8 Å². The Hall–Kier alpha value is -3.08. The standard InChI is InChI=1S/C13H12N6O2/c14-7-9-2-1-3-10(6-9)15-12(20)18-4-5-19-11(8-18)16-17-13(19)21/h1-3,6H,4-5,8H2,(H,15,20)(H,17,21). The number of amides is 2. The van der Waals surface area contributed by atoms with Gasteiger partial charge < -0.3 is 10.2 Å². The Bertz CT molecular complexity index is 784. The van der Waals surface area contributed by atoms with Crippen LogP contribution >= 0.6 is 0 Å². The number of nitrogens with one attached hydrogen (secondary N) is 2. The second-order valence-electron chi connectivity index (χ2n) is 4.64. The van der Waals surface area contributed by atoms with Gasteiger partial charge in [0.2, 0.25) is 0 Å². The number of carbonyl (C=O) groups excluding carboxylic acids is 1. The minimum Gasteiger partial charge on any atom is -0.315 e. The minimum absolute atomic E-state index is 0.258. The Morgan fingerprint density at radius 2 is 2.29 bits per heavy atom. The number of benzene rings is 1. The van der Waals surface area contributed by atoms with Crippen molar-refractivity contribution in [2.75, 3.05) is 11.9 Å². The summed E-state index contributed by atoms with van der Waals surface area (Å²) in [6.07, 6.45) is 0. The average Bonchev–Trinajstić information content (AvgIpc) is 2.88. The first kappa shape index (κ1) is 12.9. The number of anilines is 1. The smallest absolute Gasteiger partial charge is 0.315 e. The van der Waals surface area contributed by atoms with Crippen LogP contribution in [0.3, 0.4) is 0 Å². The third kappa shape index (κ3) is 2.49. The summed E-state index contributed by atoms with van der Waals surface area (Å²) in [4.78, 5) is 25.2. The Morgan fingerprint density at radius 1 is 1.43 bits per heavy atom. The number of rotatable bonds is 1. The maximum absolute atomic E-state index is 12.2. The monoisotopic (exact) mass is 284 g/mol. The lowest BCUT2D eigenvalue weighted by Gasteiger charge is -2.26. The molecule has 3 rings (SSSR count). The molecule has 0 aliphatic carbocycles. The van der Waals surface area contributed by atoms with Crippen LogP contribution in [0.2, 0.25) is 0 Å². The summed E-state index contributed by atoms with van der Waals surface area (Å²) in [5.41, 5.74) is 0.781. The summed E-state index contributed by atoms with van der Waals surface area (Å²) in [7, 11) is 0. The van der Waals surface area contributed by atoms with E-state index in [4.69, 9.17) is 5.26 Å². The van der Waals surface area contributed by atoms with Crippen molar-refractivity contribution in [3.8, 4) is 6.07 Å². The van der Waals surface area contributed by atoms with Gasteiger partial charge in [0.25, 0.3) is 0 Å². The maximum atomic E-state index is 12.2. The first-order valence-corrected chi connectivity index (χ1v) is 6.37. The summed E-state index contributed by atoms with van der Waals surface area (Å²) in [5, 5.41) is 17.8. The summed E-state index contributed by atoms with van der Waals surface area (Å²) < 4.78 is 1.51. The SMILES string of the molecule is N#Cc1cccc(NC(=O)N2CCn3c(n[nH]c3=O)C2)c1. The number of aromatic nitrogens is 3. The molecule has 1 aliphatic rings. The van der Waals surface area contributed by atoms with Crippen molar-refractivity contribution in [2.24, 2.45) is 0 Å². The van der Waals surface area contributed by atoms with Gasteiger partial charge in [0.05, 0.1) is 18.2 Å². The van der Waals surface area contributed by atoms with Gasteiger partial charge >= 0.3 is 11.7 Å². The highest BCUT2D eigenvalue weighted by Crippen LogP contribution is 2.13. The number of hydrogen-bond acceptors (Lipinski definition) is 4. The van der Waals surface area contributed by atoms with Gasteiger partial charge in [0.15, 0.2) is 5.82 Å². The van der Waals surface area contributed by atoms with Crippen LogP contribution in [0.5, 0.6) is 0 Å². The van der Waals surface area contributed by atoms with Gasteiger partial charge in [0.1, 0.15) is 0 Å². The van der Waals surface area contributed by atoms with Crippen molar-refractivity contribution < 1.29 is 4.79 Å². The molecular weight excluding hydrogens is 272 g/mol. The first-order valence-electron chi connectivity index (χ1n) is 6.37. The lowest BCUT2D eigenvalue weighted by atomic mass is 10.2. The van der Waals surface area contributed by atoms with E-state index in [2.05, 4.69) is 15.5 Å². The normalized spacial score (nSPS) is 13.4. The van der Waals surface area contributed by atoms with E-state index in [0.29, 0.717) is 30.2 Å². The molecule has 0 fully saturated rings. The molecule has 0 unspecified atom stereocenters. The zero-order valence-corrected chi connectivity index (χ0v) is 11.0. The van der Waals surface area contributed by atoms with Gasteiger partial charge in [-0.1, -0.05) is 6.07 Å². The summed E-state index contributed by atoms with van der Waals surface area (Å²) in [6.45, 7) is 1.11. The van der Waals surface area contributed by atoms with Crippen LogP contribution in [-0.2, 0) is 13.1 Å². The van der Waals surface area contributed by atoms with Crippen LogP contribution in [0.15, 0.2) is 29.1 Å². The second-order valence-corrected chi connectivity index (χ2v) is 4.64. The summed E-state index contributed by atoms with van der Waals surface area (Å²) in [6, 6.07) is 8.42. The third-order valence-electron chi connectivity index (χ3n) is 3.29. The van der Waals surface area contributed by atoms with Gasteiger partial charge in [-0.2, -0.15) is 10.4 Å². The molecule has 2 amide bonds. The van der Waals surface area contributed by atoms with Gasteiger partial charge in [-0.3, -0.25) is 4.57 Å². The fraction of sp³-hybridized carbons (Fsp3) is 0.231. The summed E-state index contributed by atoms with van der Waals surface area (Å²) >= 11 is 0. The number of urea groups is 1. The molecule has 0 radical (unpaired) electrons. The van der Waals surface area contributed by atoms with Crippen molar-refractivity contribution >= 4 is 11.7 Å². The number of nitrogens with zero attached hydrogens (tertiary/aromatic N) is 4. The predicted octanol–water partition coefficient (Wildman–Crippen LogP) is 0.491. The number of hydrogen-bond donors (Lipinski definition) is 2. The molecule has 0 saturated carbocycles. The van der Waals surface area contributed by atoms with Crippen LogP contribution in [0.4, 0.5) is 10.5 Å².